The second-order valence-corrected chi connectivity index (χ2v) is 7.35. The average molecular weight is 342 g/mol. The monoisotopic (exact) mass is 342 g/mol. The van der Waals surface area contributed by atoms with Gasteiger partial charge >= 0.3 is 5.97 Å². The molecule has 0 saturated carbocycles. The molecule has 2 heterocycles. The molecule has 3 atom stereocenters. The Balaban J connectivity index is 1.82. The molecule has 5 nitrogen and oxygen atoms in total. The van der Waals surface area contributed by atoms with Crippen molar-refractivity contribution in [1.29, 1.82) is 0 Å². The first-order valence-corrected chi connectivity index (χ1v) is 8.77. The van der Waals surface area contributed by atoms with Crippen molar-refractivity contribution < 1.29 is 19.4 Å². The molecule has 1 aromatic carbocycles. The molecule has 0 spiro atoms. The lowest BCUT2D eigenvalue weighted by molar-refractivity contribution is -0.141. The second kappa shape index (κ2) is 6.10. The van der Waals surface area contributed by atoms with Crippen LogP contribution in [0, 0.1) is 5.82 Å². The first-order chi connectivity index (χ1) is 10.5. The molecule has 2 aliphatic heterocycles. The number of rotatable bonds is 3. The Labute approximate surface area is 135 Å². The van der Waals surface area contributed by atoms with E-state index >= 15 is 0 Å². The van der Waals surface area contributed by atoms with E-state index in [1.165, 1.54) is 30.0 Å². The molecular formula is C14H15FN2O3S2. The van der Waals surface area contributed by atoms with Gasteiger partial charge in [0.25, 0.3) is 0 Å². The minimum atomic E-state index is -0.834. The number of aliphatic imine (C=N–C) groups is 1. The molecule has 118 valence electrons. The third-order valence-corrected chi connectivity index (χ3v) is 6.40. The lowest BCUT2D eigenvalue weighted by Gasteiger charge is -2.24. The summed E-state index contributed by atoms with van der Waals surface area (Å²) in [7, 11) is 1.78. The fourth-order valence-corrected chi connectivity index (χ4v) is 5.41. The Hall–Kier alpha value is -1.25. The van der Waals surface area contributed by atoms with Crippen molar-refractivity contribution >= 4 is 34.5 Å². The summed E-state index contributed by atoms with van der Waals surface area (Å²) in [5.74, 6) is -0.283. The first kappa shape index (κ1) is 15.6. The number of thioether (sulfide) groups is 2. The molecule has 1 aromatic rings. The standard InChI is InChI=1S/C14H15FN2O3S2/c1-17-9(14(19)20)6-22-13(17)8-5-21-12(16-8)11-7(15)3-2-4-10(11)18/h2-4,8-9,13,18H,5-6H2,1H3,(H,19,20)/t8-,9+,13+/m0/s1. The van der Waals surface area contributed by atoms with Crippen molar-refractivity contribution in [3.05, 3.63) is 29.6 Å². The number of aromatic hydroxyl groups is 1. The smallest absolute Gasteiger partial charge is 0.321 e. The van der Waals surface area contributed by atoms with Gasteiger partial charge in [-0.3, -0.25) is 14.7 Å². The minimum Gasteiger partial charge on any atom is -0.507 e. The van der Waals surface area contributed by atoms with Crippen LogP contribution in [0.4, 0.5) is 4.39 Å². The van der Waals surface area contributed by atoms with E-state index in [1.807, 2.05) is 4.90 Å². The third-order valence-electron chi connectivity index (χ3n) is 3.81. The van der Waals surface area contributed by atoms with Gasteiger partial charge in [0.1, 0.15) is 22.7 Å². The molecule has 8 heteroatoms. The number of carbonyl (C=O) groups is 1. The van der Waals surface area contributed by atoms with E-state index < -0.39 is 17.8 Å². The van der Waals surface area contributed by atoms with E-state index in [1.54, 1.807) is 18.8 Å². The van der Waals surface area contributed by atoms with Crippen LogP contribution >= 0.6 is 23.5 Å². The molecule has 1 saturated heterocycles. The SMILES string of the molecule is CN1[C@@H](C(=O)O)CS[C@@H]1[C@@H]1CSC(c2c(O)cccc2F)=N1. The van der Waals surface area contributed by atoms with Crippen LogP contribution in [0.25, 0.3) is 0 Å². The number of carboxylic acids is 1. The molecule has 0 amide bonds. The van der Waals surface area contributed by atoms with Crippen molar-refractivity contribution in [3.8, 4) is 5.75 Å². The van der Waals surface area contributed by atoms with Gasteiger partial charge in [-0.25, -0.2) is 4.39 Å². The summed E-state index contributed by atoms with van der Waals surface area (Å²) in [6, 6.07) is 3.55. The highest BCUT2D eigenvalue weighted by Gasteiger charge is 2.41. The third kappa shape index (κ3) is 2.70. The summed E-state index contributed by atoms with van der Waals surface area (Å²) in [4.78, 5) is 17.5. The highest BCUT2D eigenvalue weighted by atomic mass is 32.2. The number of phenols is 1. The van der Waals surface area contributed by atoms with Crippen LogP contribution in [0.15, 0.2) is 23.2 Å². The summed E-state index contributed by atoms with van der Waals surface area (Å²) >= 11 is 2.95. The van der Waals surface area contributed by atoms with Gasteiger partial charge < -0.3 is 10.2 Å². The fourth-order valence-electron chi connectivity index (χ4n) is 2.63. The lowest BCUT2D eigenvalue weighted by Crippen LogP contribution is -2.42. The fraction of sp³-hybridized carbons (Fsp3) is 0.429. The van der Waals surface area contributed by atoms with Crippen LogP contribution in [-0.4, -0.2) is 62.1 Å². The molecule has 0 unspecified atom stereocenters. The average Bonchev–Trinajstić information content (AvgIpc) is 3.05. The first-order valence-electron chi connectivity index (χ1n) is 6.74. The number of aliphatic carboxylic acids is 1. The van der Waals surface area contributed by atoms with Crippen LogP contribution in [-0.2, 0) is 4.79 Å². The Morgan fingerprint density at radius 1 is 1.45 bits per heavy atom. The maximum absolute atomic E-state index is 13.9. The predicted molar refractivity (Wildman–Crippen MR) is 86.3 cm³/mol. The van der Waals surface area contributed by atoms with Crippen molar-refractivity contribution in [2.45, 2.75) is 17.5 Å². The number of phenolic OH excluding ortho intramolecular Hbond substituents is 1. The van der Waals surface area contributed by atoms with E-state index in [9.17, 15) is 14.3 Å². The maximum Gasteiger partial charge on any atom is 0.321 e. The van der Waals surface area contributed by atoms with Gasteiger partial charge in [-0.05, 0) is 19.2 Å². The van der Waals surface area contributed by atoms with Crippen molar-refractivity contribution in [2.24, 2.45) is 4.99 Å². The molecule has 0 bridgehead atoms. The zero-order valence-corrected chi connectivity index (χ0v) is 13.4. The van der Waals surface area contributed by atoms with Crippen molar-refractivity contribution in [2.75, 3.05) is 18.6 Å². The van der Waals surface area contributed by atoms with E-state index in [0.29, 0.717) is 16.5 Å². The lowest BCUT2D eigenvalue weighted by atomic mass is 10.2. The van der Waals surface area contributed by atoms with Gasteiger partial charge in [0.15, 0.2) is 0 Å². The molecule has 22 heavy (non-hydrogen) atoms. The minimum absolute atomic E-state index is 0.0417. The van der Waals surface area contributed by atoms with Gasteiger partial charge in [0, 0.05) is 11.5 Å². The normalized spacial score (nSPS) is 28.8. The van der Waals surface area contributed by atoms with Crippen LogP contribution < -0.4 is 0 Å². The van der Waals surface area contributed by atoms with Crippen molar-refractivity contribution in [3.63, 3.8) is 0 Å². The topological polar surface area (TPSA) is 73.1 Å². The van der Waals surface area contributed by atoms with E-state index in [0.717, 1.165) is 0 Å². The van der Waals surface area contributed by atoms with Gasteiger partial charge in [0.05, 0.1) is 17.0 Å². The van der Waals surface area contributed by atoms with Gasteiger partial charge in [0.2, 0.25) is 0 Å². The maximum atomic E-state index is 13.9. The summed E-state index contributed by atoms with van der Waals surface area (Å²) < 4.78 is 13.9. The van der Waals surface area contributed by atoms with E-state index in [-0.39, 0.29) is 22.7 Å². The molecule has 3 rings (SSSR count). The molecular weight excluding hydrogens is 327 g/mol. The Morgan fingerprint density at radius 2 is 2.23 bits per heavy atom. The van der Waals surface area contributed by atoms with Gasteiger partial charge in [-0.2, -0.15) is 0 Å². The number of nitrogens with zero attached hydrogens (tertiary/aromatic N) is 2. The summed E-state index contributed by atoms with van der Waals surface area (Å²) in [6.45, 7) is 0. The number of hydrogen-bond donors (Lipinski definition) is 2. The summed E-state index contributed by atoms with van der Waals surface area (Å²) in [6.07, 6.45) is 0. The number of carboxylic acid groups (broad SMARTS) is 1. The molecule has 1 fully saturated rings. The van der Waals surface area contributed by atoms with Gasteiger partial charge in [-0.1, -0.05) is 6.07 Å². The molecule has 2 aliphatic rings. The molecule has 0 aromatic heterocycles. The zero-order valence-electron chi connectivity index (χ0n) is 11.8. The number of halogens is 1. The van der Waals surface area contributed by atoms with E-state index in [2.05, 4.69) is 4.99 Å². The van der Waals surface area contributed by atoms with Crippen molar-refractivity contribution in [1.82, 2.24) is 4.90 Å². The van der Waals surface area contributed by atoms with Crippen LogP contribution in [0.5, 0.6) is 5.75 Å². The summed E-state index contributed by atoms with van der Waals surface area (Å²) in [5, 5.41) is 19.4. The molecule has 0 aliphatic carbocycles. The van der Waals surface area contributed by atoms with Crippen LogP contribution in [0.2, 0.25) is 0 Å². The number of likely N-dealkylation sites (N-methyl/N-ethyl adjacent to an activating group) is 1. The zero-order chi connectivity index (χ0) is 15.9. The quantitative estimate of drug-likeness (QED) is 0.873. The second-order valence-electron chi connectivity index (χ2n) is 5.19. The number of benzene rings is 1. The molecule has 2 N–H and O–H groups in total. The highest BCUT2D eigenvalue weighted by Crippen LogP contribution is 2.38. The Bertz CT molecular complexity index is 620. The van der Waals surface area contributed by atoms with Gasteiger partial charge in [-0.15, -0.1) is 23.5 Å². The Morgan fingerprint density at radius 3 is 2.86 bits per heavy atom. The summed E-state index contributed by atoms with van der Waals surface area (Å²) in [5.41, 5.74) is 0.135. The Kier molecular flexibility index (Phi) is 4.33. The molecule has 0 radical (unpaired) electrons. The number of hydrogen-bond acceptors (Lipinski definition) is 6. The highest BCUT2D eigenvalue weighted by molar-refractivity contribution is 8.14. The van der Waals surface area contributed by atoms with E-state index in [4.69, 9.17) is 5.11 Å². The van der Waals surface area contributed by atoms with Crippen LogP contribution in [0.1, 0.15) is 5.56 Å². The van der Waals surface area contributed by atoms with Crippen LogP contribution in [0.3, 0.4) is 0 Å². The predicted octanol–water partition coefficient (Wildman–Crippen LogP) is 1.85. The largest absolute Gasteiger partial charge is 0.507 e.